The lowest BCUT2D eigenvalue weighted by Gasteiger charge is -2.02. The van der Waals surface area contributed by atoms with E-state index in [1.165, 1.54) is 4.80 Å². The van der Waals surface area contributed by atoms with Crippen LogP contribution in [0, 0.1) is 0 Å². The fourth-order valence-electron chi connectivity index (χ4n) is 1.71. The summed E-state index contributed by atoms with van der Waals surface area (Å²) in [5, 5.41) is 16.8. The van der Waals surface area contributed by atoms with Crippen LogP contribution in [0.3, 0.4) is 0 Å². The van der Waals surface area contributed by atoms with E-state index in [4.69, 9.17) is 0 Å². The van der Waals surface area contributed by atoms with Gasteiger partial charge in [-0.05, 0) is 28.8 Å². The fraction of sp³-hybridized carbons (Fsp3) is 0.154. The average molecular weight is 300 g/mol. The van der Waals surface area contributed by atoms with Crippen molar-refractivity contribution in [1.82, 2.24) is 30.5 Å². The Morgan fingerprint density at radius 3 is 2.90 bits per heavy atom. The van der Waals surface area contributed by atoms with Crippen molar-refractivity contribution in [2.24, 2.45) is 0 Å². The molecule has 3 rings (SSSR count). The number of aromatic nitrogens is 5. The molecule has 0 radical (unpaired) electrons. The van der Waals surface area contributed by atoms with E-state index in [1.807, 2.05) is 17.5 Å². The van der Waals surface area contributed by atoms with Crippen LogP contribution in [0.25, 0.3) is 11.4 Å². The maximum atomic E-state index is 11.8. The number of hydrogen-bond donors (Lipinski definition) is 1. The first kappa shape index (κ1) is 13.4. The van der Waals surface area contributed by atoms with Crippen molar-refractivity contribution in [3.8, 4) is 11.4 Å². The number of carbonyl (C=O) groups excluding carboxylic acids is 1. The lowest BCUT2D eigenvalue weighted by molar-refractivity contribution is -0.122. The number of hydrogen-bond acceptors (Lipinski definition) is 6. The van der Waals surface area contributed by atoms with Gasteiger partial charge in [0.05, 0.1) is 6.54 Å². The summed E-state index contributed by atoms with van der Waals surface area (Å²) in [6, 6.07) is 7.50. The molecule has 0 aliphatic heterocycles. The van der Waals surface area contributed by atoms with Crippen molar-refractivity contribution in [1.29, 1.82) is 0 Å². The number of tetrazole rings is 1. The summed E-state index contributed by atoms with van der Waals surface area (Å²) in [4.78, 5) is 18.1. The minimum atomic E-state index is -0.151. The van der Waals surface area contributed by atoms with Crippen molar-refractivity contribution in [3.05, 3.63) is 46.9 Å². The number of nitrogens with zero attached hydrogens (tertiary/aromatic N) is 5. The van der Waals surface area contributed by atoms with Crippen LogP contribution in [0.15, 0.2) is 42.0 Å². The summed E-state index contributed by atoms with van der Waals surface area (Å²) in [5.41, 5.74) is 0.815. The number of thiophene rings is 1. The third kappa shape index (κ3) is 3.48. The molecule has 0 atom stereocenters. The molecule has 0 aliphatic rings. The quantitative estimate of drug-likeness (QED) is 0.763. The highest BCUT2D eigenvalue weighted by Crippen LogP contribution is 2.10. The van der Waals surface area contributed by atoms with Gasteiger partial charge in [-0.3, -0.25) is 9.78 Å². The molecule has 0 bridgehead atoms. The number of carbonyl (C=O) groups is 1. The second-order valence-corrected chi connectivity index (χ2v) is 5.27. The molecule has 7 nitrogen and oxygen atoms in total. The van der Waals surface area contributed by atoms with E-state index in [2.05, 4.69) is 25.7 Å². The standard InChI is InChI=1S/C13H12N6OS/c20-12(15-8-11-2-1-7-21-11)9-19-17-13(16-18-19)10-3-5-14-6-4-10/h1-7H,8-9H2,(H,15,20). The van der Waals surface area contributed by atoms with E-state index in [-0.39, 0.29) is 12.5 Å². The van der Waals surface area contributed by atoms with Crippen LogP contribution in [-0.2, 0) is 17.9 Å². The van der Waals surface area contributed by atoms with Gasteiger partial charge in [0.25, 0.3) is 0 Å². The van der Waals surface area contributed by atoms with E-state index in [0.717, 1.165) is 10.4 Å². The zero-order valence-electron chi connectivity index (χ0n) is 11.0. The SMILES string of the molecule is O=C(Cn1nnc(-c2ccncc2)n1)NCc1cccs1. The number of amides is 1. The van der Waals surface area contributed by atoms with Gasteiger partial charge in [-0.2, -0.15) is 4.80 Å². The van der Waals surface area contributed by atoms with Gasteiger partial charge in [0.15, 0.2) is 0 Å². The molecular weight excluding hydrogens is 288 g/mol. The van der Waals surface area contributed by atoms with Crippen molar-refractivity contribution < 1.29 is 4.79 Å². The summed E-state index contributed by atoms with van der Waals surface area (Å²) in [6.07, 6.45) is 3.31. The third-order valence-corrected chi connectivity index (χ3v) is 3.59. The summed E-state index contributed by atoms with van der Waals surface area (Å²) < 4.78 is 0. The summed E-state index contributed by atoms with van der Waals surface area (Å²) in [5.74, 6) is 0.325. The average Bonchev–Trinajstić information content (AvgIpc) is 3.17. The lowest BCUT2D eigenvalue weighted by Crippen LogP contribution is -2.27. The van der Waals surface area contributed by atoms with Crippen LogP contribution in [-0.4, -0.2) is 31.1 Å². The molecule has 0 spiro atoms. The fourth-order valence-corrected chi connectivity index (χ4v) is 2.35. The first-order chi connectivity index (χ1) is 10.3. The highest BCUT2D eigenvalue weighted by atomic mass is 32.1. The Kier molecular flexibility index (Phi) is 3.97. The van der Waals surface area contributed by atoms with Crippen LogP contribution >= 0.6 is 11.3 Å². The number of pyridine rings is 1. The molecule has 0 fully saturated rings. The predicted molar refractivity (Wildman–Crippen MR) is 77.2 cm³/mol. The van der Waals surface area contributed by atoms with Crippen LogP contribution < -0.4 is 5.32 Å². The molecule has 1 N–H and O–H groups in total. The molecular formula is C13H12N6OS. The second kappa shape index (κ2) is 6.23. The molecule has 106 valence electrons. The van der Waals surface area contributed by atoms with Crippen LogP contribution in [0.2, 0.25) is 0 Å². The minimum absolute atomic E-state index is 0.0451. The summed E-state index contributed by atoms with van der Waals surface area (Å²) >= 11 is 1.60. The predicted octanol–water partition coefficient (Wildman–Crippen LogP) is 1.11. The van der Waals surface area contributed by atoms with E-state index in [1.54, 1.807) is 35.9 Å². The molecule has 0 aliphatic carbocycles. The molecule has 0 saturated carbocycles. The van der Waals surface area contributed by atoms with E-state index in [9.17, 15) is 4.79 Å². The van der Waals surface area contributed by atoms with Crippen LogP contribution in [0.5, 0.6) is 0 Å². The molecule has 0 aromatic carbocycles. The smallest absolute Gasteiger partial charge is 0.243 e. The molecule has 3 aromatic rings. The maximum Gasteiger partial charge on any atom is 0.243 e. The Labute approximate surface area is 124 Å². The summed E-state index contributed by atoms with van der Waals surface area (Å²) in [6.45, 7) is 0.561. The van der Waals surface area contributed by atoms with Crippen molar-refractivity contribution in [3.63, 3.8) is 0 Å². The number of rotatable bonds is 5. The van der Waals surface area contributed by atoms with Gasteiger partial charge < -0.3 is 5.32 Å². The van der Waals surface area contributed by atoms with Crippen molar-refractivity contribution >= 4 is 17.2 Å². The van der Waals surface area contributed by atoms with Crippen LogP contribution in [0.4, 0.5) is 0 Å². The minimum Gasteiger partial charge on any atom is -0.350 e. The highest BCUT2D eigenvalue weighted by Gasteiger charge is 2.09. The zero-order chi connectivity index (χ0) is 14.5. The van der Waals surface area contributed by atoms with Crippen molar-refractivity contribution in [2.45, 2.75) is 13.1 Å². The highest BCUT2D eigenvalue weighted by molar-refractivity contribution is 7.09. The largest absolute Gasteiger partial charge is 0.350 e. The molecule has 21 heavy (non-hydrogen) atoms. The molecule has 0 saturated heterocycles. The van der Waals surface area contributed by atoms with E-state index < -0.39 is 0 Å². The Balaban J connectivity index is 1.58. The maximum absolute atomic E-state index is 11.8. The third-order valence-electron chi connectivity index (χ3n) is 2.72. The molecule has 3 aromatic heterocycles. The van der Waals surface area contributed by atoms with E-state index in [0.29, 0.717) is 12.4 Å². The lowest BCUT2D eigenvalue weighted by atomic mass is 10.3. The molecule has 0 unspecified atom stereocenters. The van der Waals surface area contributed by atoms with Gasteiger partial charge in [-0.15, -0.1) is 21.5 Å². The second-order valence-electron chi connectivity index (χ2n) is 4.24. The van der Waals surface area contributed by atoms with Gasteiger partial charge in [0.1, 0.15) is 6.54 Å². The normalized spacial score (nSPS) is 10.5. The van der Waals surface area contributed by atoms with Gasteiger partial charge in [0, 0.05) is 22.8 Å². The molecule has 3 heterocycles. The summed E-state index contributed by atoms with van der Waals surface area (Å²) in [7, 11) is 0. The first-order valence-corrected chi connectivity index (χ1v) is 7.16. The number of nitrogens with one attached hydrogen (secondary N) is 1. The van der Waals surface area contributed by atoms with Gasteiger partial charge >= 0.3 is 0 Å². The monoisotopic (exact) mass is 300 g/mol. The van der Waals surface area contributed by atoms with Crippen molar-refractivity contribution in [2.75, 3.05) is 0 Å². The van der Waals surface area contributed by atoms with Gasteiger partial charge in [-0.1, -0.05) is 6.07 Å². The Bertz CT molecular complexity index is 709. The molecule has 8 heteroatoms. The van der Waals surface area contributed by atoms with Crippen LogP contribution in [0.1, 0.15) is 4.88 Å². The Hall–Kier alpha value is -2.61. The van der Waals surface area contributed by atoms with Gasteiger partial charge in [0.2, 0.25) is 11.7 Å². The zero-order valence-corrected chi connectivity index (χ0v) is 11.8. The Morgan fingerprint density at radius 2 is 2.14 bits per heavy atom. The first-order valence-electron chi connectivity index (χ1n) is 6.28. The van der Waals surface area contributed by atoms with Gasteiger partial charge in [-0.25, -0.2) is 0 Å². The Morgan fingerprint density at radius 1 is 1.29 bits per heavy atom. The van der Waals surface area contributed by atoms with E-state index >= 15 is 0 Å². The topological polar surface area (TPSA) is 85.6 Å². The molecule has 1 amide bonds.